The molecule has 4 amide bonds. The van der Waals surface area contributed by atoms with Crippen LogP contribution in [-0.2, 0) is 19.1 Å². The molecule has 57 heavy (non-hydrogen) atoms. The van der Waals surface area contributed by atoms with E-state index in [4.69, 9.17) is 19.4 Å². The molecular formula is C44H48N8O5. The molecule has 0 bridgehead atoms. The summed E-state index contributed by atoms with van der Waals surface area (Å²) in [6, 6.07) is 24.9. The zero-order chi connectivity index (χ0) is 38.7. The van der Waals surface area contributed by atoms with Gasteiger partial charge in [-0.15, -0.1) is 0 Å². The van der Waals surface area contributed by atoms with E-state index in [1.165, 1.54) is 0 Å². The SMILES string of the molecule is O=C(N[C@@H](C(=O)N1CCC[C@H]1c1ncc(-c2ccc(-c3ccc(-c4cnc([C@@H]5CCCN5C(=O)[C@@H]5CCCO5)[nH]4)cc3)cc2)[nH]1)c1ccccc1)N1CCOCC1. The Bertz CT molecular complexity index is 2170. The lowest BCUT2D eigenvalue weighted by atomic mass is 10.0. The quantitative estimate of drug-likeness (QED) is 0.157. The summed E-state index contributed by atoms with van der Waals surface area (Å²) in [6.07, 6.45) is 8.58. The first-order valence-corrected chi connectivity index (χ1v) is 20.2. The van der Waals surface area contributed by atoms with E-state index >= 15 is 0 Å². The van der Waals surface area contributed by atoms with Gasteiger partial charge in [0.05, 0.1) is 49.1 Å². The van der Waals surface area contributed by atoms with E-state index in [-0.39, 0.29) is 36.0 Å². The highest BCUT2D eigenvalue weighted by Gasteiger charge is 2.39. The van der Waals surface area contributed by atoms with Crippen molar-refractivity contribution in [3.63, 3.8) is 0 Å². The Morgan fingerprint density at radius 2 is 1.21 bits per heavy atom. The molecule has 0 aliphatic carbocycles. The van der Waals surface area contributed by atoms with Gasteiger partial charge < -0.3 is 39.5 Å². The van der Waals surface area contributed by atoms with Crippen molar-refractivity contribution >= 4 is 17.8 Å². The molecule has 4 atom stereocenters. The van der Waals surface area contributed by atoms with Gasteiger partial charge in [0.1, 0.15) is 23.8 Å². The van der Waals surface area contributed by atoms with Gasteiger partial charge in [0.2, 0.25) is 5.91 Å². The largest absolute Gasteiger partial charge is 0.378 e. The molecule has 294 valence electrons. The highest BCUT2D eigenvalue weighted by atomic mass is 16.5. The van der Waals surface area contributed by atoms with Gasteiger partial charge in [0.25, 0.3) is 5.91 Å². The number of likely N-dealkylation sites (tertiary alicyclic amines) is 2. The van der Waals surface area contributed by atoms with E-state index in [1.807, 2.05) is 52.5 Å². The second-order valence-corrected chi connectivity index (χ2v) is 15.3. The lowest BCUT2D eigenvalue weighted by molar-refractivity contribution is -0.142. The fraction of sp³-hybridized carbons (Fsp3) is 0.386. The van der Waals surface area contributed by atoms with Crippen molar-refractivity contribution in [1.82, 2.24) is 40.0 Å². The maximum Gasteiger partial charge on any atom is 0.318 e. The first-order valence-electron chi connectivity index (χ1n) is 20.2. The van der Waals surface area contributed by atoms with Crippen molar-refractivity contribution in [3.8, 4) is 33.6 Å². The summed E-state index contributed by atoms with van der Waals surface area (Å²) < 4.78 is 11.1. The normalized spacial score (nSPS) is 21.5. The Kier molecular flexibility index (Phi) is 10.6. The van der Waals surface area contributed by atoms with Crippen molar-refractivity contribution in [2.45, 2.75) is 62.8 Å². The Hall–Kier alpha value is -5.79. The molecule has 2 aromatic heterocycles. The van der Waals surface area contributed by atoms with Crippen molar-refractivity contribution in [3.05, 3.63) is 108 Å². The predicted octanol–water partition coefficient (Wildman–Crippen LogP) is 6.42. The van der Waals surface area contributed by atoms with Crippen LogP contribution in [0.2, 0.25) is 0 Å². The van der Waals surface area contributed by atoms with Gasteiger partial charge in [-0.25, -0.2) is 14.8 Å². The molecule has 13 nitrogen and oxygen atoms in total. The van der Waals surface area contributed by atoms with Gasteiger partial charge in [-0.05, 0) is 66.3 Å². The number of nitrogens with zero attached hydrogens (tertiary/aromatic N) is 5. The highest BCUT2D eigenvalue weighted by molar-refractivity contribution is 5.89. The second-order valence-electron chi connectivity index (χ2n) is 15.3. The average molecular weight is 769 g/mol. The zero-order valence-electron chi connectivity index (χ0n) is 31.9. The average Bonchev–Trinajstić information content (AvgIpc) is 4.13. The van der Waals surface area contributed by atoms with Gasteiger partial charge in [-0.3, -0.25) is 9.59 Å². The lowest BCUT2D eigenvalue weighted by Gasteiger charge is -2.32. The van der Waals surface area contributed by atoms with E-state index in [0.29, 0.717) is 39.5 Å². The van der Waals surface area contributed by atoms with E-state index in [0.717, 1.165) is 95.9 Å². The Labute approximate surface area is 331 Å². The maximum absolute atomic E-state index is 14.2. The number of rotatable bonds is 9. The first-order chi connectivity index (χ1) is 28.0. The monoisotopic (exact) mass is 768 g/mol. The number of hydrogen-bond donors (Lipinski definition) is 3. The number of amides is 4. The molecule has 6 heterocycles. The fourth-order valence-corrected chi connectivity index (χ4v) is 8.66. The van der Waals surface area contributed by atoms with Crippen LogP contribution >= 0.6 is 0 Å². The predicted molar refractivity (Wildman–Crippen MR) is 213 cm³/mol. The number of aromatic amines is 2. The Morgan fingerprint density at radius 3 is 1.79 bits per heavy atom. The van der Waals surface area contributed by atoms with Gasteiger partial charge in [-0.1, -0.05) is 78.9 Å². The number of ether oxygens (including phenoxy) is 2. The third-order valence-electron chi connectivity index (χ3n) is 11.8. The zero-order valence-corrected chi connectivity index (χ0v) is 31.9. The molecule has 3 aromatic carbocycles. The molecule has 9 rings (SSSR count). The number of H-pyrrole nitrogens is 2. The minimum absolute atomic E-state index is 0.0502. The molecule has 0 unspecified atom stereocenters. The van der Waals surface area contributed by atoms with Gasteiger partial charge in [-0.2, -0.15) is 0 Å². The molecule has 13 heteroatoms. The summed E-state index contributed by atoms with van der Waals surface area (Å²) in [7, 11) is 0. The van der Waals surface area contributed by atoms with E-state index in [1.54, 1.807) is 4.90 Å². The van der Waals surface area contributed by atoms with Crippen LogP contribution in [0.15, 0.2) is 91.3 Å². The minimum Gasteiger partial charge on any atom is -0.378 e. The molecule has 3 N–H and O–H groups in total. The summed E-state index contributed by atoms with van der Waals surface area (Å²) in [4.78, 5) is 62.6. The fourth-order valence-electron chi connectivity index (χ4n) is 8.66. The number of benzene rings is 3. The molecule has 4 fully saturated rings. The third-order valence-corrected chi connectivity index (χ3v) is 11.8. The molecule has 0 saturated carbocycles. The summed E-state index contributed by atoms with van der Waals surface area (Å²) in [5, 5.41) is 3.03. The van der Waals surface area contributed by atoms with Crippen LogP contribution in [0.25, 0.3) is 33.6 Å². The topological polar surface area (TPSA) is 149 Å². The molecule has 0 spiro atoms. The first kappa shape index (κ1) is 36.8. The van der Waals surface area contributed by atoms with Gasteiger partial charge in [0, 0.05) is 32.8 Å². The second kappa shape index (κ2) is 16.4. The Morgan fingerprint density at radius 1 is 0.649 bits per heavy atom. The number of carbonyl (C=O) groups is 3. The number of nitrogens with one attached hydrogen (secondary N) is 3. The summed E-state index contributed by atoms with van der Waals surface area (Å²) in [6.45, 7) is 3.94. The molecule has 4 aliphatic rings. The number of aromatic nitrogens is 4. The molecule has 5 aromatic rings. The lowest BCUT2D eigenvalue weighted by Crippen LogP contribution is -2.50. The standard InChI is InChI=1S/C44H48N8O5/c53-42(38-11-6-24-57-38)51-20-4-9-36(51)40-45-27-34(47-40)31-16-12-29(13-17-31)30-14-18-32(19-15-30)35-28-46-41(48-35)37-10-5-21-52(37)43(54)39(33-7-2-1-3-8-33)49-44(55)50-22-25-56-26-23-50/h1-3,7-8,12-19,27-28,36-39H,4-6,9-11,20-26H2,(H,45,47)(H,46,48)(H,49,55)/t36-,37-,38-,39+/m0/s1. The summed E-state index contributed by atoms with van der Waals surface area (Å²) in [5.41, 5.74) is 6.75. The maximum atomic E-state index is 14.2. The third kappa shape index (κ3) is 7.69. The van der Waals surface area contributed by atoms with Gasteiger partial charge >= 0.3 is 6.03 Å². The van der Waals surface area contributed by atoms with Crippen LogP contribution in [0, 0.1) is 0 Å². The van der Waals surface area contributed by atoms with Crippen LogP contribution in [0.1, 0.15) is 73.9 Å². The van der Waals surface area contributed by atoms with Crippen LogP contribution in [0.3, 0.4) is 0 Å². The highest BCUT2D eigenvalue weighted by Crippen LogP contribution is 2.36. The van der Waals surface area contributed by atoms with Crippen LogP contribution in [-0.4, -0.2) is 105 Å². The minimum atomic E-state index is -0.813. The van der Waals surface area contributed by atoms with Gasteiger partial charge in [0.15, 0.2) is 0 Å². The molecule has 4 aliphatic heterocycles. The van der Waals surface area contributed by atoms with E-state index < -0.39 is 6.04 Å². The van der Waals surface area contributed by atoms with E-state index in [9.17, 15) is 14.4 Å². The summed E-state index contributed by atoms with van der Waals surface area (Å²) in [5.74, 6) is 1.50. The molecular weight excluding hydrogens is 721 g/mol. The molecule has 4 saturated heterocycles. The van der Waals surface area contributed by atoms with Crippen molar-refractivity contribution in [2.24, 2.45) is 0 Å². The number of carbonyl (C=O) groups excluding carboxylic acids is 3. The van der Waals surface area contributed by atoms with Crippen LogP contribution < -0.4 is 5.32 Å². The molecule has 0 radical (unpaired) electrons. The van der Waals surface area contributed by atoms with Crippen molar-refractivity contribution in [1.29, 1.82) is 0 Å². The number of urea groups is 1. The number of morpholine rings is 1. The Balaban J connectivity index is 0.857. The van der Waals surface area contributed by atoms with Crippen LogP contribution in [0.4, 0.5) is 4.79 Å². The van der Waals surface area contributed by atoms with Crippen LogP contribution in [0.5, 0.6) is 0 Å². The summed E-state index contributed by atoms with van der Waals surface area (Å²) >= 11 is 0. The smallest absolute Gasteiger partial charge is 0.318 e. The van der Waals surface area contributed by atoms with Crippen molar-refractivity contribution < 1.29 is 23.9 Å². The number of imidazole rings is 2. The number of hydrogen-bond acceptors (Lipinski definition) is 7. The van der Waals surface area contributed by atoms with Crippen molar-refractivity contribution in [2.75, 3.05) is 46.0 Å². The van der Waals surface area contributed by atoms with E-state index in [2.05, 4.69) is 63.8 Å².